The number of rotatable bonds is 3. The fourth-order valence-corrected chi connectivity index (χ4v) is 8.55. The molecule has 0 N–H and O–H groups in total. The van der Waals surface area contributed by atoms with Gasteiger partial charge in [0, 0.05) is 5.92 Å². The maximum atomic E-state index is 13.6. The van der Waals surface area contributed by atoms with Crippen molar-refractivity contribution in [1.29, 1.82) is 0 Å². The summed E-state index contributed by atoms with van der Waals surface area (Å²) in [7, 11) is 1.68. The lowest BCUT2D eigenvalue weighted by Crippen LogP contribution is -2.49. The number of ketones is 1. The van der Waals surface area contributed by atoms with Gasteiger partial charge in [-0.25, -0.2) is 0 Å². The normalized spacial score (nSPS) is 43.8. The molecular formula is C27H38O2. The fourth-order valence-electron chi connectivity index (χ4n) is 8.55. The van der Waals surface area contributed by atoms with Crippen molar-refractivity contribution in [1.82, 2.24) is 0 Å². The van der Waals surface area contributed by atoms with Crippen LogP contribution in [-0.2, 0) is 0 Å². The number of ether oxygens (including phenoxy) is 1. The van der Waals surface area contributed by atoms with Crippen LogP contribution < -0.4 is 4.74 Å². The Balaban J connectivity index is 1.38. The second kappa shape index (κ2) is 7.43. The van der Waals surface area contributed by atoms with E-state index in [2.05, 4.69) is 13.8 Å². The molecule has 2 heteroatoms. The number of para-hydroxylation sites is 1. The zero-order valence-corrected chi connectivity index (χ0v) is 18.5. The maximum Gasteiger partial charge on any atom is 0.170 e. The van der Waals surface area contributed by atoms with Crippen molar-refractivity contribution >= 4 is 5.78 Å². The summed E-state index contributed by atoms with van der Waals surface area (Å²) in [6.45, 7) is 4.93. The summed E-state index contributed by atoms with van der Waals surface area (Å²) in [4.78, 5) is 13.6. The minimum absolute atomic E-state index is 0.175. The topological polar surface area (TPSA) is 26.3 Å². The Hall–Kier alpha value is -1.31. The second-order valence-corrected chi connectivity index (χ2v) is 11.1. The van der Waals surface area contributed by atoms with E-state index in [0.717, 1.165) is 53.2 Å². The van der Waals surface area contributed by atoms with Crippen molar-refractivity contribution in [3.8, 4) is 5.75 Å². The first-order valence-corrected chi connectivity index (χ1v) is 12.2. The van der Waals surface area contributed by atoms with Gasteiger partial charge in [0.25, 0.3) is 0 Å². The van der Waals surface area contributed by atoms with Crippen molar-refractivity contribution in [2.24, 2.45) is 46.8 Å². The van der Waals surface area contributed by atoms with E-state index < -0.39 is 0 Å². The molecule has 8 unspecified atom stereocenters. The maximum absolute atomic E-state index is 13.6. The summed E-state index contributed by atoms with van der Waals surface area (Å²) >= 11 is 0. The van der Waals surface area contributed by atoms with Crippen molar-refractivity contribution in [3.63, 3.8) is 0 Å². The van der Waals surface area contributed by atoms with E-state index in [-0.39, 0.29) is 11.3 Å². The first kappa shape index (κ1) is 19.6. The van der Waals surface area contributed by atoms with Crippen molar-refractivity contribution in [3.05, 3.63) is 29.8 Å². The average molecular weight is 395 g/mol. The second-order valence-electron chi connectivity index (χ2n) is 11.1. The summed E-state index contributed by atoms with van der Waals surface area (Å²) in [5, 5.41) is 0. The van der Waals surface area contributed by atoms with Crippen LogP contribution in [0.2, 0.25) is 0 Å². The van der Waals surface area contributed by atoms with Gasteiger partial charge in [-0.05, 0) is 104 Å². The molecule has 29 heavy (non-hydrogen) atoms. The summed E-state index contributed by atoms with van der Waals surface area (Å²) in [6, 6.07) is 7.85. The van der Waals surface area contributed by atoms with E-state index >= 15 is 0 Å². The highest BCUT2D eigenvalue weighted by Crippen LogP contribution is 2.64. The first-order chi connectivity index (χ1) is 14.0. The predicted octanol–water partition coefficient (Wildman–Crippen LogP) is 6.78. The van der Waals surface area contributed by atoms with Gasteiger partial charge in [-0.3, -0.25) is 4.79 Å². The summed E-state index contributed by atoms with van der Waals surface area (Å²) < 4.78 is 5.53. The molecule has 5 rings (SSSR count). The highest BCUT2D eigenvalue weighted by atomic mass is 16.5. The first-order valence-electron chi connectivity index (χ1n) is 12.2. The van der Waals surface area contributed by atoms with Gasteiger partial charge in [0.15, 0.2) is 5.78 Å². The molecule has 0 saturated heterocycles. The molecule has 4 saturated carbocycles. The van der Waals surface area contributed by atoms with Crippen LogP contribution >= 0.6 is 0 Å². The molecule has 0 spiro atoms. The minimum Gasteiger partial charge on any atom is -0.496 e. The molecule has 0 bridgehead atoms. The molecule has 4 aliphatic rings. The Kier molecular flexibility index (Phi) is 5.03. The Bertz CT molecular complexity index is 770. The van der Waals surface area contributed by atoms with Gasteiger partial charge in [-0.1, -0.05) is 32.4 Å². The van der Waals surface area contributed by atoms with Crippen molar-refractivity contribution in [2.45, 2.75) is 71.6 Å². The summed E-state index contributed by atoms with van der Waals surface area (Å²) in [6.07, 6.45) is 12.2. The lowest BCUT2D eigenvalue weighted by molar-refractivity contribution is -0.0634. The smallest absolute Gasteiger partial charge is 0.170 e. The minimum atomic E-state index is 0.175. The fraction of sp³-hybridized carbons (Fsp3) is 0.741. The number of fused-ring (bicyclic) bond motifs is 5. The highest BCUT2D eigenvalue weighted by Gasteiger charge is 2.58. The Morgan fingerprint density at radius 3 is 2.59 bits per heavy atom. The molecule has 158 valence electrons. The SMILES string of the molecule is COc1ccccc1C(=O)C1CCC2C3CCC4CC(C)CCC4C3CCC12C. The van der Waals surface area contributed by atoms with Gasteiger partial charge in [0.05, 0.1) is 12.7 Å². The largest absolute Gasteiger partial charge is 0.496 e. The van der Waals surface area contributed by atoms with Crippen LogP contribution in [0.4, 0.5) is 0 Å². The molecule has 0 aromatic heterocycles. The molecule has 0 aliphatic heterocycles. The number of carbonyl (C=O) groups is 1. The van der Waals surface area contributed by atoms with Crippen LogP contribution in [-0.4, -0.2) is 12.9 Å². The molecule has 4 fully saturated rings. The third-order valence-corrected chi connectivity index (χ3v) is 9.91. The van der Waals surface area contributed by atoms with Crippen LogP contribution in [0.15, 0.2) is 24.3 Å². The molecule has 0 amide bonds. The number of Topliss-reactive ketones (excluding diaryl/α,β-unsaturated/α-hetero) is 1. The zero-order valence-electron chi connectivity index (χ0n) is 18.5. The molecule has 4 aliphatic carbocycles. The van der Waals surface area contributed by atoms with E-state index in [0.29, 0.717) is 5.78 Å². The Morgan fingerprint density at radius 2 is 1.76 bits per heavy atom. The summed E-state index contributed by atoms with van der Waals surface area (Å²) in [5.74, 6) is 6.75. The van der Waals surface area contributed by atoms with Gasteiger partial charge >= 0.3 is 0 Å². The van der Waals surface area contributed by atoms with Crippen LogP contribution in [0.25, 0.3) is 0 Å². The Morgan fingerprint density at radius 1 is 0.966 bits per heavy atom. The summed E-state index contributed by atoms with van der Waals surface area (Å²) in [5.41, 5.74) is 0.988. The monoisotopic (exact) mass is 394 g/mol. The number of methoxy groups -OCH3 is 1. The molecule has 1 aromatic rings. The van der Waals surface area contributed by atoms with Crippen molar-refractivity contribution in [2.75, 3.05) is 7.11 Å². The van der Waals surface area contributed by atoms with E-state index in [1.54, 1.807) is 7.11 Å². The quantitative estimate of drug-likeness (QED) is 0.528. The van der Waals surface area contributed by atoms with Crippen LogP contribution in [0.5, 0.6) is 5.75 Å². The van der Waals surface area contributed by atoms with E-state index in [1.165, 1.54) is 51.4 Å². The number of hydrogen-bond donors (Lipinski definition) is 0. The van der Waals surface area contributed by atoms with E-state index in [4.69, 9.17) is 4.74 Å². The standard InChI is InChI=1S/C27H38O2/c1-17-8-10-19-18(16-17)9-11-21-20(19)14-15-27(2)23(21)12-13-24(27)26(28)22-6-4-5-7-25(22)29-3/h4-7,17-21,23-24H,8-16H2,1-3H3. The third kappa shape index (κ3) is 3.08. The predicted molar refractivity (Wildman–Crippen MR) is 117 cm³/mol. The average Bonchev–Trinajstić information content (AvgIpc) is 3.10. The number of benzene rings is 1. The van der Waals surface area contributed by atoms with E-state index in [1.807, 2.05) is 24.3 Å². The van der Waals surface area contributed by atoms with Gasteiger partial charge in [0.1, 0.15) is 5.75 Å². The molecule has 0 radical (unpaired) electrons. The third-order valence-electron chi connectivity index (χ3n) is 9.91. The lowest BCUT2D eigenvalue weighted by Gasteiger charge is -2.56. The van der Waals surface area contributed by atoms with Crippen LogP contribution in [0.3, 0.4) is 0 Å². The van der Waals surface area contributed by atoms with Gasteiger partial charge in [0.2, 0.25) is 0 Å². The Labute approximate surface area is 176 Å². The van der Waals surface area contributed by atoms with Gasteiger partial charge in [-0.15, -0.1) is 0 Å². The zero-order chi connectivity index (χ0) is 20.2. The van der Waals surface area contributed by atoms with Gasteiger partial charge < -0.3 is 4.74 Å². The molecule has 1 aromatic carbocycles. The number of carbonyl (C=O) groups excluding carboxylic acids is 1. The van der Waals surface area contributed by atoms with Crippen molar-refractivity contribution < 1.29 is 9.53 Å². The van der Waals surface area contributed by atoms with E-state index in [9.17, 15) is 4.79 Å². The number of hydrogen-bond acceptors (Lipinski definition) is 2. The van der Waals surface area contributed by atoms with Crippen LogP contribution in [0, 0.1) is 46.8 Å². The molecule has 2 nitrogen and oxygen atoms in total. The molecular weight excluding hydrogens is 356 g/mol. The highest BCUT2D eigenvalue weighted by molar-refractivity contribution is 6.01. The van der Waals surface area contributed by atoms with Crippen LogP contribution in [0.1, 0.15) is 82.0 Å². The molecule has 0 heterocycles. The lowest BCUT2D eigenvalue weighted by atomic mass is 9.49. The molecule has 8 atom stereocenters. The van der Waals surface area contributed by atoms with Gasteiger partial charge in [-0.2, -0.15) is 0 Å².